The molecule has 0 N–H and O–H groups in total. The number of rotatable bonds is 7. The SMILES string of the molecule is CCOc1cc(Br)c(/C=C2\SC(=O)N(CC(=O)c3ccc(Br)cc3)C2=O)cc1OC. The van der Waals surface area contributed by atoms with Gasteiger partial charge in [-0.3, -0.25) is 19.3 Å². The molecule has 0 aromatic heterocycles. The predicted octanol–water partition coefficient (Wildman–Crippen LogP) is 5.54. The number of thioether (sulfide) groups is 1. The fourth-order valence-electron chi connectivity index (χ4n) is 2.74. The average Bonchev–Trinajstić information content (AvgIpc) is 2.98. The summed E-state index contributed by atoms with van der Waals surface area (Å²) in [5.41, 5.74) is 1.08. The number of methoxy groups -OCH3 is 1. The minimum absolute atomic E-state index is 0.232. The van der Waals surface area contributed by atoms with Gasteiger partial charge in [0.25, 0.3) is 11.1 Å². The van der Waals surface area contributed by atoms with Crippen LogP contribution in [0, 0.1) is 0 Å². The molecule has 2 aromatic rings. The number of nitrogens with zero attached hydrogens (tertiary/aromatic N) is 1. The van der Waals surface area contributed by atoms with Crippen LogP contribution in [0.5, 0.6) is 11.5 Å². The summed E-state index contributed by atoms with van der Waals surface area (Å²) in [5.74, 6) is 0.262. The molecule has 0 spiro atoms. The van der Waals surface area contributed by atoms with E-state index >= 15 is 0 Å². The zero-order chi connectivity index (χ0) is 21.8. The van der Waals surface area contributed by atoms with Crippen LogP contribution in [0.4, 0.5) is 4.79 Å². The molecular weight excluding hydrogens is 538 g/mol. The highest BCUT2D eigenvalue weighted by molar-refractivity contribution is 9.10. The Labute approximate surface area is 194 Å². The quantitative estimate of drug-likeness (QED) is 0.330. The van der Waals surface area contributed by atoms with E-state index in [1.54, 1.807) is 42.5 Å². The number of amides is 2. The van der Waals surface area contributed by atoms with Crippen LogP contribution in [0.25, 0.3) is 6.08 Å². The summed E-state index contributed by atoms with van der Waals surface area (Å²) in [7, 11) is 1.52. The Hall–Kier alpha value is -2.10. The van der Waals surface area contributed by atoms with E-state index in [2.05, 4.69) is 31.9 Å². The molecule has 6 nitrogen and oxygen atoms in total. The van der Waals surface area contributed by atoms with Crippen LogP contribution in [0.3, 0.4) is 0 Å². The van der Waals surface area contributed by atoms with E-state index in [-0.39, 0.29) is 17.2 Å². The van der Waals surface area contributed by atoms with Crippen molar-refractivity contribution in [3.63, 3.8) is 0 Å². The second kappa shape index (κ2) is 9.80. The summed E-state index contributed by atoms with van der Waals surface area (Å²) in [6.07, 6.45) is 1.59. The molecule has 0 bridgehead atoms. The van der Waals surface area contributed by atoms with Gasteiger partial charge in [0.1, 0.15) is 0 Å². The first kappa shape index (κ1) is 22.6. The molecule has 1 aliphatic rings. The normalized spacial score (nSPS) is 15.1. The molecular formula is C21H17Br2NO5S. The maximum Gasteiger partial charge on any atom is 0.293 e. The number of hydrogen-bond donors (Lipinski definition) is 0. The fourth-order valence-corrected chi connectivity index (χ4v) is 4.27. The van der Waals surface area contributed by atoms with Crippen LogP contribution < -0.4 is 9.47 Å². The number of carbonyl (C=O) groups is 3. The van der Waals surface area contributed by atoms with Crippen molar-refractivity contribution >= 4 is 66.6 Å². The zero-order valence-electron chi connectivity index (χ0n) is 16.1. The van der Waals surface area contributed by atoms with E-state index in [9.17, 15) is 14.4 Å². The van der Waals surface area contributed by atoms with Crippen molar-refractivity contribution in [1.82, 2.24) is 4.90 Å². The van der Waals surface area contributed by atoms with Gasteiger partial charge in [-0.15, -0.1) is 0 Å². The van der Waals surface area contributed by atoms with Gasteiger partial charge in [-0.05, 0) is 54.6 Å². The summed E-state index contributed by atoms with van der Waals surface area (Å²) in [6.45, 7) is 2.04. The summed E-state index contributed by atoms with van der Waals surface area (Å²) in [5, 5.41) is -0.481. The Morgan fingerprint density at radius 2 is 1.83 bits per heavy atom. The number of halogens is 2. The molecule has 30 heavy (non-hydrogen) atoms. The third-order valence-corrected chi connectivity index (χ3v) is 6.33. The second-order valence-corrected chi connectivity index (χ2v) is 8.92. The molecule has 1 aliphatic heterocycles. The van der Waals surface area contributed by atoms with Gasteiger partial charge in [-0.25, -0.2) is 0 Å². The van der Waals surface area contributed by atoms with Crippen LogP contribution in [-0.2, 0) is 4.79 Å². The van der Waals surface area contributed by atoms with Crippen molar-refractivity contribution in [2.75, 3.05) is 20.3 Å². The fraction of sp³-hybridized carbons (Fsp3) is 0.190. The Bertz CT molecular complexity index is 1040. The number of ketones is 1. The molecule has 0 aliphatic carbocycles. The topological polar surface area (TPSA) is 72.9 Å². The molecule has 0 unspecified atom stereocenters. The maximum absolute atomic E-state index is 12.8. The van der Waals surface area contributed by atoms with Crippen LogP contribution in [-0.4, -0.2) is 42.1 Å². The van der Waals surface area contributed by atoms with Gasteiger partial charge in [0.05, 0.1) is 25.2 Å². The van der Waals surface area contributed by atoms with Crippen molar-refractivity contribution in [2.24, 2.45) is 0 Å². The van der Waals surface area contributed by atoms with Crippen LogP contribution in [0.1, 0.15) is 22.8 Å². The van der Waals surface area contributed by atoms with E-state index in [1.165, 1.54) is 7.11 Å². The van der Waals surface area contributed by atoms with Gasteiger partial charge in [0.15, 0.2) is 17.3 Å². The molecule has 2 aromatic carbocycles. The lowest BCUT2D eigenvalue weighted by Gasteiger charge is -2.12. The molecule has 2 amide bonds. The molecule has 1 saturated heterocycles. The van der Waals surface area contributed by atoms with Gasteiger partial charge in [-0.2, -0.15) is 0 Å². The zero-order valence-corrected chi connectivity index (χ0v) is 20.1. The van der Waals surface area contributed by atoms with Gasteiger partial charge < -0.3 is 9.47 Å². The van der Waals surface area contributed by atoms with Crippen molar-refractivity contribution < 1.29 is 23.9 Å². The first-order valence-corrected chi connectivity index (χ1v) is 11.3. The third-order valence-electron chi connectivity index (χ3n) is 4.21. The summed E-state index contributed by atoms with van der Waals surface area (Å²) >= 11 is 7.57. The molecule has 1 heterocycles. The molecule has 0 saturated carbocycles. The molecule has 3 rings (SSSR count). The minimum atomic E-state index is -0.504. The van der Waals surface area contributed by atoms with Crippen molar-refractivity contribution in [2.45, 2.75) is 6.92 Å². The summed E-state index contributed by atoms with van der Waals surface area (Å²) in [6, 6.07) is 10.2. The number of benzene rings is 2. The molecule has 0 atom stereocenters. The molecule has 0 radical (unpaired) electrons. The van der Waals surface area contributed by atoms with Crippen LogP contribution in [0.15, 0.2) is 50.2 Å². The highest BCUT2D eigenvalue weighted by atomic mass is 79.9. The number of hydrogen-bond acceptors (Lipinski definition) is 6. The Balaban J connectivity index is 1.82. The molecule has 1 fully saturated rings. The van der Waals surface area contributed by atoms with Gasteiger partial charge in [-0.1, -0.05) is 44.0 Å². The predicted molar refractivity (Wildman–Crippen MR) is 123 cm³/mol. The van der Waals surface area contributed by atoms with Gasteiger partial charge in [0.2, 0.25) is 0 Å². The molecule has 156 valence electrons. The monoisotopic (exact) mass is 553 g/mol. The summed E-state index contributed by atoms with van der Waals surface area (Å²) < 4.78 is 12.4. The summed E-state index contributed by atoms with van der Waals surface area (Å²) in [4.78, 5) is 38.8. The first-order valence-electron chi connectivity index (χ1n) is 8.88. The lowest BCUT2D eigenvalue weighted by atomic mass is 10.1. The highest BCUT2D eigenvalue weighted by Crippen LogP contribution is 2.38. The van der Waals surface area contributed by atoms with E-state index in [4.69, 9.17) is 9.47 Å². The van der Waals surface area contributed by atoms with Crippen molar-refractivity contribution in [3.05, 3.63) is 61.4 Å². The Morgan fingerprint density at radius 1 is 1.13 bits per heavy atom. The number of ether oxygens (including phenoxy) is 2. The van der Waals surface area contributed by atoms with E-state index in [0.717, 1.165) is 21.1 Å². The van der Waals surface area contributed by atoms with E-state index in [1.807, 2.05) is 6.92 Å². The smallest absolute Gasteiger partial charge is 0.293 e. The number of imide groups is 1. The maximum atomic E-state index is 12.8. The van der Waals surface area contributed by atoms with E-state index < -0.39 is 11.1 Å². The largest absolute Gasteiger partial charge is 0.493 e. The molecule has 9 heteroatoms. The van der Waals surface area contributed by atoms with E-state index in [0.29, 0.717) is 33.7 Å². The highest BCUT2D eigenvalue weighted by Gasteiger charge is 2.36. The lowest BCUT2D eigenvalue weighted by Crippen LogP contribution is -2.33. The van der Waals surface area contributed by atoms with Crippen molar-refractivity contribution in [1.29, 1.82) is 0 Å². The van der Waals surface area contributed by atoms with Crippen LogP contribution in [0.2, 0.25) is 0 Å². The standard InChI is InChI=1S/C21H17Br2NO5S/c1-3-29-18-10-15(23)13(8-17(18)28-2)9-19-20(26)24(21(27)30-19)11-16(25)12-4-6-14(22)7-5-12/h4-10H,3,11H2,1-2H3/b19-9-. The van der Waals surface area contributed by atoms with Gasteiger partial charge in [0, 0.05) is 14.5 Å². The lowest BCUT2D eigenvalue weighted by molar-refractivity contribution is -0.122. The first-order chi connectivity index (χ1) is 14.3. The third kappa shape index (κ3) is 4.96. The van der Waals surface area contributed by atoms with Crippen molar-refractivity contribution in [3.8, 4) is 11.5 Å². The second-order valence-electron chi connectivity index (χ2n) is 6.16. The number of Topliss-reactive ketones (excluding diaryl/α,β-unsaturated/α-hetero) is 1. The average molecular weight is 555 g/mol. The van der Waals surface area contributed by atoms with Gasteiger partial charge >= 0.3 is 0 Å². The Morgan fingerprint density at radius 3 is 2.47 bits per heavy atom. The minimum Gasteiger partial charge on any atom is -0.493 e. The number of carbonyl (C=O) groups excluding carboxylic acids is 3. The Kier molecular flexibility index (Phi) is 7.38. The van der Waals surface area contributed by atoms with Crippen LogP contribution >= 0.6 is 43.6 Å².